The third-order valence-corrected chi connectivity index (χ3v) is 10.8. The van der Waals surface area contributed by atoms with Gasteiger partial charge in [0.1, 0.15) is 18.6 Å². The number of nitrogens with zero attached hydrogens (tertiary/aromatic N) is 7. The zero-order chi connectivity index (χ0) is 33.5. The molecule has 0 bridgehead atoms. The minimum Gasteiger partial charge on any atom is -0.460 e. The van der Waals surface area contributed by atoms with E-state index in [0.29, 0.717) is 31.8 Å². The van der Waals surface area contributed by atoms with Crippen LogP contribution in [0, 0.1) is 0 Å². The van der Waals surface area contributed by atoms with Crippen molar-refractivity contribution in [3.05, 3.63) is 70.2 Å². The smallest absolute Gasteiger partial charge is 0.338 e. The summed E-state index contributed by atoms with van der Waals surface area (Å²) in [5, 5.41) is 7.33. The second kappa shape index (κ2) is 12.7. The van der Waals surface area contributed by atoms with Gasteiger partial charge in [0.25, 0.3) is 22.0 Å². The van der Waals surface area contributed by atoms with Crippen molar-refractivity contribution >= 4 is 43.0 Å². The number of pyridine rings is 1. The molecule has 0 atom stereocenters. The number of rotatable bonds is 11. The summed E-state index contributed by atoms with van der Waals surface area (Å²) in [6.07, 6.45) is 3.28. The molecule has 19 heteroatoms. The minimum atomic E-state index is -4.03. The van der Waals surface area contributed by atoms with Crippen molar-refractivity contribution in [3.63, 3.8) is 0 Å². The number of sulfonamides is 1. The van der Waals surface area contributed by atoms with E-state index in [2.05, 4.69) is 25.4 Å². The fourth-order valence-electron chi connectivity index (χ4n) is 5.22. The van der Waals surface area contributed by atoms with E-state index in [1.807, 2.05) is 0 Å². The minimum absolute atomic E-state index is 0.0236. The maximum Gasteiger partial charge on any atom is 0.338 e. The van der Waals surface area contributed by atoms with Gasteiger partial charge in [-0.1, -0.05) is 0 Å². The molecule has 15 nitrogen and oxygen atoms in total. The number of halogens is 2. The molecule has 0 unspecified atom stereocenters. The molecule has 1 aromatic carbocycles. The topological polar surface area (TPSA) is 188 Å². The highest BCUT2D eigenvalue weighted by atomic mass is 32.2. The fourth-order valence-corrected chi connectivity index (χ4v) is 7.15. The Bertz CT molecular complexity index is 2090. The van der Waals surface area contributed by atoms with Gasteiger partial charge in [-0.2, -0.15) is 13.4 Å². The highest BCUT2D eigenvalue weighted by molar-refractivity contribution is 7.89. The number of ether oxygens (including phenoxy) is 1. The van der Waals surface area contributed by atoms with Gasteiger partial charge >= 0.3 is 5.97 Å². The van der Waals surface area contributed by atoms with Gasteiger partial charge in [-0.15, -0.1) is 9.19 Å². The van der Waals surface area contributed by atoms with Gasteiger partial charge < -0.3 is 10.1 Å². The molecule has 1 aliphatic carbocycles. The lowest BCUT2D eigenvalue weighted by Gasteiger charge is -2.30. The average molecular weight is 693 g/mol. The molecular weight excluding hydrogens is 662 g/mol. The Balaban J connectivity index is 1.14. The van der Waals surface area contributed by atoms with Crippen molar-refractivity contribution in [1.29, 1.82) is 0 Å². The molecule has 2 fully saturated rings. The van der Waals surface area contributed by atoms with Crippen LogP contribution < -0.4 is 10.9 Å². The van der Waals surface area contributed by atoms with Crippen LogP contribution in [0.4, 0.5) is 14.7 Å². The number of carbonyl (C=O) groups is 1. The number of nitrogens with one attached hydrogen (secondary N) is 1. The van der Waals surface area contributed by atoms with Crippen molar-refractivity contribution in [1.82, 2.24) is 33.0 Å². The molecule has 2 aliphatic rings. The van der Waals surface area contributed by atoms with Gasteiger partial charge in [0.2, 0.25) is 16.0 Å². The number of alkyl halides is 2. The molecule has 1 N–H and O–H groups in total. The largest absolute Gasteiger partial charge is 0.460 e. The van der Waals surface area contributed by atoms with Crippen LogP contribution in [0.5, 0.6) is 0 Å². The Morgan fingerprint density at radius 1 is 1.06 bits per heavy atom. The van der Waals surface area contributed by atoms with Crippen LogP contribution in [0.3, 0.4) is 0 Å². The predicted molar refractivity (Wildman–Crippen MR) is 163 cm³/mol. The molecule has 3 aromatic heterocycles. The highest BCUT2D eigenvalue weighted by Gasteiger charge is 2.30. The van der Waals surface area contributed by atoms with Crippen molar-refractivity contribution in [2.45, 2.75) is 55.5 Å². The molecule has 6 rings (SSSR count). The van der Waals surface area contributed by atoms with Crippen LogP contribution in [-0.4, -0.2) is 87.8 Å². The summed E-state index contributed by atoms with van der Waals surface area (Å²) >= 11 is 0. The van der Waals surface area contributed by atoms with Crippen LogP contribution in [0.15, 0.2) is 52.5 Å². The van der Waals surface area contributed by atoms with E-state index in [4.69, 9.17) is 4.74 Å². The number of piperidine rings is 1. The van der Waals surface area contributed by atoms with Crippen LogP contribution in [0.25, 0.3) is 11.0 Å². The van der Waals surface area contributed by atoms with E-state index in [-0.39, 0.29) is 52.6 Å². The monoisotopic (exact) mass is 692 g/mol. The maximum atomic E-state index is 13.7. The molecule has 1 saturated carbocycles. The zero-order valence-electron chi connectivity index (χ0n) is 25.0. The quantitative estimate of drug-likeness (QED) is 0.226. The van der Waals surface area contributed by atoms with Gasteiger partial charge in [0.15, 0.2) is 5.82 Å². The first-order valence-corrected chi connectivity index (χ1v) is 17.9. The fraction of sp³-hybridized carbons (Fsp3) is 0.429. The molecule has 1 aliphatic heterocycles. The maximum absolute atomic E-state index is 13.7. The Morgan fingerprint density at radius 2 is 1.77 bits per heavy atom. The summed E-state index contributed by atoms with van der Waals surface area (Å²) in [6, 6.07) is 5.83. The normalized spacial score (nSPS) is 16.5. The van der Waals surface area contributed by atoms with Gasteiger partial charge in [-0.3, -0.25) is 9.36 Å². The second-order valence-electron chi connectivity index (χ2n) is 11.3. The van der Waals surface area contributed by atoms with Crippen molar-refractivity contribution in [2.24, 2.45) is 0 Å². The second-order valence-corrected chi connectivity index (χ2v) is 15.1. The number of esters is 1. The predicted octanol–water partition coefficient (Wildman–Crippen LogP) is 2.13. The first-order chi connectivity index (χ1) is 22.3. The van der Waals surface area contributed by atoms with Gasteiger partial charge in [0, 0.05) is 36.6 Å². The summed E-state index contributed by atoms with van der Waals surface area (Å²) in [6.45, 7) is -0.0912. The van der Waals surface area contributed by atoms with Gasteiger partial charge in [-0.25, -0.2) is 36.3 Å². The Hall–Kier alpha value is -4.36. The van der Waals surface area contributed by atoms with Crippen LogP contribution in [0.2, 0.25) is 0 Å². The SMILES string of the molecule is CS(=O)(=O)N1CCC(Nc2ncc3cc(C(F)F)c(=O)n(CCOC(=O)c4ccc(S(=O)(=O)n5cnc(C6CC6)n5)cc4)c3n2)CC1. The lowest BCUT2D eigenvalue weighted by atomic mass is 10.1. The Labute approximate surface area is 267 Å². The molecular formula is C28H30F2N8O7S2. The number of anilines is 1. The van der Waals surface area contributed by atoms with Crippen LogP contribution in [0.1, 0.15) is 59.8 Å². The van der Waals surface area contributed by atoms with Gasteiger partial charge in [0.05, 0.1) is 28.8 Å². The number of aromatic nitrogens is 6. The molecule has 4 aromatic rings. The van der Waals surface area contributed by atoms with Crippen molar-refractivity contribution in [2.75, 3.05) is 31.3 Å². The summed E-state index contributed by atoms with van der Waals surface area (Å²) in [5.74, 6) is -0.0772. The number of hydrogen-bond acceptors (Lipinski definition) is 12. The summed E-state index contributed by atoms with van der Waals surface area (Å²) in [4.78, 5) is 38.3. The molecule has 250 valence electrons. The van der Waals surface area contributed by atoms with Crippen LogP contribution >= 0.6 is 0 Å². The van der Waals surface area contributed by atoms with Gasteiger partial charge in [-0.05, 0) is 56.0 Å². The standard InChI is InChI=1S/C28H30F2N8O7S2/c1-46(41,42)36-10-8-20(9-11-36)33-28-31-15-19-14-22(23(29)30)26(39)37(25(19)34-28)12-13-45-27(40)18-4-6-21(7-5-18)47(43,44)38-16-32-24(35-38)17-2-3-17/h4-7,14-17,20,23H,2-3,8-13H2,1H3,(H,31,33,34). The van der Waals surface area contributed by atoms with E-state index in [1.165, 1.54) is 34.8 Å². The molecule has 0 amide bonds. The van der Waals surface area contributed by atoms with Crippen molar-refractivity contribution in [3.8, 4) is 0 Å². The third kappa shape index (κ3) is 7.01. The molecule has 0 spiro atoms. The summed E-state index contributed by atoms with van der Waals surface area (Å²) in [5.41, 5.74) is -1.72. The number of carbonyl (C=O) groups excluding carboxylic acids is 1. The first kappa shape index (κ1) is 32.6. The van der Waals surface area contributed by atoms with E-state index in [1.54, 1.807) is 0 Å². The van der Waals surface area contributed by atoms with Crippen molar-refractivity contribution < 1.29 is 35.1 Å². The molecule has 47 heavy (non-hydrogen) atoms. The zero-order valence-corrected chi connectivity index (χ0v) is 26.6. The van der Waals surface area contributed by atoms with E-state index in [0.717, 1.165) is 40.1 Å². The Kier molecular flexibility index (Phi) is 8.79. The number of benzene rings is 1. The first-order valence-electron chi connectivity index (χ1n) is 14.7. The van der Waals surface area contributed by atoms with E-state index in [9.17, 15) is 35.2 Å². The molecule has 4 heterocycles. The van der Waals surface area contributed by atoms with E-state index < -0.39 is 43.6 Å². The number of hydrogen-bond donors (Lipinski definition) is 1. The lowest BCUT2D eigenvalue weighted by Crippen LogP contribution is -2.42. The summed E-state index contributed by atoms with van der Waals surface area (Å²) in [7, 11) is -7.34. The summed E-state index contributed by atoms with van der Waals surface area (Å²) < 4.78 is 85.3. The molecule has 1 saturated heterocycles. The lowest BCUT2D eigenvalue weighted by molar-refractivity contribution is 0.0490. The average Bonchev–Trinajstić information content (AvgIpc) is 3.76. The Morgan fingerprint density at radius 3 is 2.40 bits per heavy atom. The number of fused-ring (bicyclic) bond motifs is 1. The van der Waals surface area contributed by atoms with Crippen LogP contribution in [-0.2, 0) is 31.3 Å². The third-order valence-electron chi connectivity index (χ3n) is 7.96. The molecule has 0 radical (unpaired) electrons. The van der Waals surface area contributed by atoms with E-state index >= 15 is 0 Å². The highest BCUT2D eigenvalue weighted by Crippen LogP contribution is 2.37.